The molecule has 2 aromatic rings. The number of carbonyl (C=O) groups excluding carboxylic acids is 2. The lowest BCUT2D eigenvalue weighted by molar-refractivity contribution is -0.384. The first kappa shape index (κ1) is 18.6. The van der Waals surface area contributed by atoms with Gasteiger partial charge in [-0.05, 0) is 36.8 Å². The molecule has 1 atom stereocenters. The number of rotatable bonds is 6. The van der Waals surface area contributed by atoms with Crippen LogP contribution in [0.5, 0.6) is 0 Å². The molecule has 0 bridgehead atoms. The summed E-state index contributed by atoms with van der Waals surface area (Å²) in [6, 6.07) is 12.2. The Hall–Kier alpha value is -2.74. The Kier molecular flexibility index (Phi) is 6.24. The van der Waals surface area contributed by atoms with E-state index in [1.807, 2.05) is 31.2 Å². The zero-order valence-corrected chi connectivity index (χ0v) is 14.9. The summed E-state index contributed by atoms with van der Waals surface area (Å²) in [5.41, 5.74) is 0.926. The number of carbonyl (C=O) groups is 2. The van der Waals surface area contributed by atoms with Crippen LogP contribution in [0, 0.1) is 10.1 Å². The van der Waals surface area contributed by atoms with Gasteiger partial charge in [0.1, 0.15) is 0 Å². The van der Waals surface area contributed by atoms with Crippen molar-refractivity contribution in [3.05, 3.63) is 74.2 Å². The average molecular weight is 407 g/mol. The van der Waals surface area contributed by atoms with Gasteiger partial charge < -0.3 is 10.1 Å². The summed E-state index contributed by atoms with van der Waals surface area (Å²) in [4.78, 5) is 33.7. The summed E-state index contributed by atoms with van der Waals surface area (Å²) in [6.07, 6.45) is 0. The van der Waals surface area contributed by atoms with Gasteiger partial charge in [-0.1, -0.05) is 28.1 Å². The topological polar surface area (TPSA) is 98.5 Å². The van der Waals surface area contributed by atoms with Crippen molar-refractivity contribution in [3.8, 4) is 0 Å². The number of ether oxygens (including phenoxy) is 1. The van der Waals surface area contributed by atoms with E-state index < -0.39 is 23.4 Å². The maximum Gasteiger partial charge on any atom is 0.338 e. The summed E-state index contributed by atoms with van der Waals surface area (Å²) in [6.45, 7) is 1.38. The van der Waals surface area contributed by atoms with Crippen molar-refractivity contribution in [2.24, 2.45) is 0 Å². The van der Waals surface area contributed by atoms with Crippen LogP contribution in [0.15, 0.2) is 53.0 Å². The van der Waals surface area contributed by atoms with Crippen LogP contribution in [-0.4, -0.2) is 23.4 Å². The van der Waals surface area contributed by atoms with Crippen LogP contribution in [0.1, 0.15) is 28.9 Å². The first-order valence-corrected chi connectivity index (χ1v) is 8.12. The molecular formula is C17H15BrN2O5. The van der Waals surface area contributed by atoms with E-state index >= 15 is 0 Å². The highest BCUT2D eigenvalue weighted by atomic mass is 79.9. The fourth-order valence-electron chi connectivity index (χ4n) is 2.05. The fraction of sp³-hybridized carbons (Fsp3) is 0.176. The monoisotopic (exact) mass is 406 g/mol. The summed E-state index contributed by atoms with van der Waals surface area (Å²) in [7, 11) is 0. The molecule has 0 aromatic heterocycles. The van der Waals surface area contributed by atoms with Gasteiger partial charge in [0, 0.05) is 16.6 Å². The van der Waals surface area contributed by atoms with Gasteiger partial charge in [-0.2, -0.15) is 0 Å². The maximum atomic E-state index is 11.9. The number of nitro groups is 1. The Morgan fingerprint density at radius 1 is 1.16 bits per heavy atom. The number of halogens is 1. The molecule has 0 spiro atoms. The molecule has 1 N–H and O–H groups in total. The highest BCUT2D eigenvalue weighted by Gasteiger charge is 2.14. The zero-order chi connectivity index (χ0) is 18.4. The second kappa shape index (κ2) is 8.39. The lowest BCUT2D eigenvalue weighted by atomic mass is 10.1. The molecule has 0 aliphatic heterocycles. The SMILES string of the molecule is C[C@@H](NC(=O)COC(=O)c1ccc([N+](=O)[O-])cc1)c1ccc(Br)cc1. The molecule has 1 amide bonds. The molecule has 130 valence electrons. The lowest BCUT2D eigenvalue weighted by Gasteiger charge is -2.14. The van der Waals surface area contributed by atoms with Crippen molar-refractivity contribution in [3.63, 3.8) is 0 Å². The summed E-state index contributed by atoms with van der Waals surface area (Å²) >= 11 is 3.34. The first-order chi connectivity index (χ1) is 11.9. The third-order valence-electron chi connectivity index (χ3n) is 3.40. The Labute approximate surface area is 152 Å². The highest BCUT2D eigenvalue weighted by Crippen LogP contribution is 2.16. The van der Waals surface area contributed by atoms with Crippen LogP contribution in [0.4, 0.5) is 5.69 Å². The van der Waals surface area contributed by atoms with Gasteiger partial charge in [0.05, 0.1) is 16.5 Å². The van der Waals surface area contributed by atoms with Crippen molar-refractivity contribution >= 4 is 33.5 Å². The van der Waals surface area contributed by atoms with E-state index in [0.29, 0.717) is 0 Å². The van der Waals surface area contributed by atoms with Crippen molar-refractivity contribution in [2.75, 3.05) is 6.61 Å². The van der Waals surface area contributed by atoms with Gasteiger partial charge in [-0.3, -0.25) is 14.9 Å². The van der Waals surface area contributed by atoms with Crippen LogP contribution >= 0.6 is 15.9 Å². The molecule has 7 nitrogen and oxygen atoms in total. The average Bonchev–Trinajstić information content (AvgIpc) is 2.60. The van der Waals surface area contributed by atoms with Gasteiger partial charge in [0.25, 0.3) is 11.6 Å². The summed E-state index contributed by atoms with van der Waals surface area (Å²) in [5, 5.41) is 13.3. The van der Waals surface area contributed by atoms with Crippen molar-refractivity contribution < 1.29 is 19.2 Å². The number of benzene rings is 2. The van der Waals surface area contributed by atoms with Gasteiger partial charge in [-0.15, -0.1) is 0 Å². The second-order valence-electron chi connectivity index (χ2n) is 5.22. The number of non-ortho nitro benzene ring substituents is 1. The number of nitro benzene ring substituents is 1. The summed E-state index contributed by atoms with van der Waals surface area (Å²) < 4.78 is 5.85. The molecule has 0 unspecified atom stereocenters. The van der Waals surface area contributed by atoms with Crippen LogP contribution in [0.25, 0.3) is 0 Å². The van der Waals surface area contributed by atoms with Gasteiger partial charge in [-0.25, -0.2) is 4.79 Å². The molecule has 0 radical (unpaired) electrons. The third kappa shape index (κ3) is 5.39. The number of nitrogens with zero attached hydrogens (tertiary/aromatic N) is 1. The molecule has 8 heteroatoms. The Morgan fingerprint density at radius 3 is 2.32 bits per heavy atom. The largest absolute Gasteiger partial charge is 0.452 e. The standard InChI is InChI=1S/C17H15BrN2O5/c1-11(12-2-6-14(18)7-3-12)19-16(21)10-25-17(22)13-4-8-15(9-5-13)20(23)24/h2-9,11H,10H2,1H3,(H,19,21)/t11-/m1/s1. The molecule has 0 aliphatic rings. The second-order valence-corrected chi connectivity index (χ2v) is 6.14. The van der Waals surface area contributed by atoms with Crippen LogP contribution in [0.2, 0.25) is 0 Å². The van der Waals surface area contributed by atoms with E-state index in [1.54, 1.807) is 0 Å². The smallest absolute Gasteiger partial charge is 0.338 e. The normalized spacial score (nSPS) is 11.4. The Balaban J connectivity index is 1.85. The van der Waals surface area contributed by atoms with Crippen molar-refractivity contribution in [2.45, 2.75) is 13.0 Å². The minimum atomic E-state index is -0.721. The molecule has 25 heavy (non-hydrogen) atoms. The predicted octanol–water partition coefficient (Wildman–Crippen LogP) is 3.39. The Morgan fingerprint density at radius 2 is 1.76 bits per heavy atom. The molecular weight excluding hydrogens is 392 g/mol. The van der Waals surface area contributed by atoms with Gasteiger partial charge in [0.15, 0.2) is 6.61 Å². The van der Waals surface area contributed by atoms with E-state index in [0.717, 1.165) is 10.0 Å². The summed E-state index contributed by atoms with van der Waals surface area (Å²) in [5.74, 6) is -1.16. The first-order valence-electron chi connectivity index (χ1n) is 7.33. The van der Waals surface area contributed by atoms with Crippen molar-refractivity contribution in [1.82, 2.24) is 5.32 Å². The van der Waals surface area contributed by atoms with Crippen LogP contribution in [0.3, 0.4) is 0 Å². The van der Waals surface area contributed by atoms with Gasteiger partial charge >= 0.3 is 5.97 Å². The molecule has 2 rings (SSSR count). The molecule has 2 aromatic carbocycles. The van der Waals surface area contributed by atoms with E-state index in [2.05, 4.69) is 21.2 Å². The van der Waals surface area contributed by atoms with Crippen molar-refractivity contribution in [1.29, 1.82) is 0 Å². The highest BCUT2D eigenvalue weighted by molar-refractivity contribution is 9.10. The molecule has 0 fully saturated rings. The number of hydrogen-bond donors (Lipinski definition) is 1. The molecule has 0 saturated carbocycles. The van der Waals surface area contributed by atoms with E-state index in [-0.39, 0.29) is 17.3 Å². The minimum absolute atomic E-state index is 0.127. The number of hydrogen-bond acceptors (Lipinski definition) is 5. The molecule has 0 heterocycles. The van der Waals surface area contributed by atoms with E-state index in [1.165, 1.54) is 24.3 Å². The minimum Gasteiger partial charge on any atom is -0.452 e. The van der Waals surface area contributed by atoms with E-state index in [9.17, 15) is 19.7 Å². The fourth-order valence-corrected chi connectivity index (χ4v) is 2.32. The lowest BCUT2D eigenvalue weighted by Crippen LogP contribution is -2.31. The van der Waals surface area contributed by atoms with Crippen LogP contribution < -0.4 is 5.32 Å². The predicted molar refractivity (Wildman–Crippen MR) is 94.1 cm³/mol. The van der Waals surface area contributed by atoms with E-state index in [4.69, 9.17) is 4.74 Å². The number of esters is 1. The van der Waals surface area contributed by atoms with Crippen LogP contribution in [-0.2, 0) is 9.53 Å². The number of amides is 1. The molecule has 0 saturated heterocycles. The number of nitrogens with one attached hydrogen (secondary N) is 1. The quantitative estimate of drug-likeness (QED) is 0.450. The van der Waals surface area contributed by atoms with Gasteiger partial charge in [0.2, 0.25) is 0 Å². The third-order valence-corrected chi connectivity index (χ3v) is 3.92. The molecule has 0 aliphatic carbocycles. The Bertz CT molecular complexity index is 775. The maximum absolute atomic E-state index is 11.9. The zero-order valence-electron chi connectivity index (χ0n) is 13.3.